The first-order valence-corrected chi connectivity index (χ1v) is 8.20. The lowest BCUT2D eigenvalue weighted by molar-refractivity contribution is 0.0939. The van der Waals surface area contributed by atoms with Gasteiger partial charge < -0.3 is 4.42 Å². The van der Waals surface area contributed by atoms with Gasteiger partial charge in [0.2, 0.25) is 5.78 Å². The average Bonchev–Trinajstić information content (AvgIpc) is 3.17. The summed E-state index contributed by atoms with van der Waals surface area (Å²) in [5.41, 5.74) is -0.0105. The van der Waals surface area contributed by atoms with E-state index in [2.05, 4.69) is 4.98 Å². The standard InChI is InChI=1S/C18H15N3O5/c1-20-16-15(10-4-2-5-12(22)11(10)8-19-16)17(24)21(18(20)25)9-13(23)14-6-3-7-26-14/h3,6-8H,2,4-5,9H2,1H3. The van der Waals surface area contributed by atoms with Crippen molar-refractivity contribution >= 4 is 22.6 Å². The number of pyridine rings is 1. The second-order valence-electron chi connectivity index (χ2n) is 6.26. The highest BCUT2D eigenvalue weighted by Gasteiger charge is 2.25. The summed E-state index contributed by atoms with van der Waals surface area (Å²) in [5.74, 6) is -0.475. The van der Waals surface area contributed by atoms with Crippen LogP contribution in [0.3, 0.4) is 0 Å². The van der Waals surface area contributed by atoms with E-state index in [4.69, 9.17) is 4.42 Å². The maximum Gasteiger partial charge on any atom is 0.332 e. The smallest absolute Gasteiger partial charge is 0.332 e. The fourth-order valence-corrected chi connectivity index (χ4v) is 3.37. The van der Waals surface area contributed by atoms with Crippen LogP contribution in [0.15, 0.2) is 38.6 Å². The molecule has 0 amide bonds. The summed E-state index contributed by atoms with van der Waals surface area (Å²) in [6, 6.07) is 3.03. The predicted octanol–water partition coefficient (Wildman–Crippen LogP) is 1.09. The zero-order valence-electron chi connectivity index (χ0n) is 14.0. The highest BCUT2D eigenvalue weighted by Crippen LogP contribution is 2.25. The van der Waals surface area contributed by atoms with E-state index in [9.17, 15) is 19.2 Å². The Morgan fingerprint density at radius 1 is 1.27 bits per heavy atom. The van der Waals surface area contributed by atoms with Gasteiger partial charge >= 0.3 is 5.69 Å². The first-order valence-electron chi connectivity index (χ1n) is 8.20. The molecule has 26 heavy (non-hydrogen) atoms. The third-order valence-electron chi connectivity index (χ3n) is 4.69. The summed E-state index contributed by atoms with van der Waals surface area (Å²) in [6.45, 7) is -0.438. The number of aryl methyl sites for hydroxylation is 2. The monoisotopic (exact) mass is 353 g/mol. The van der Waals surface area contributed by atoms with E-state index in [1.165, 1.54) is 30.1 Å². The van der Waals surface area contributed by atoms with Gasteiger partial charge in [0, 0.05) is 25.2 Å². The minimum atomic E-state index is -0.642. The summed E-state index contributed by atoms with van der Waals surface area (Å²) in [6.07, 6.45) is 4.38. The molecule has 0 saturated carbocycles. The molecule has 0 radical (unpaired) electrons. The SMILES string of the molecule is Cn1c(=O)n(CC(=O)c2ccco2)c(=O)c2c3c(cnc21)C(=O)CCC3. The van der Waals surface area contributed by atoms with Crippen LogP contribution >= 0.6 is 0 Å². The molecule has 0 spiro atoms. The Bertz CT molecular complexity index is 1170. The topological polar surface area (TPSA) is 104 Å². The molecular formula is C18H15N3O5. The summed E-state index contributed by atoms with van der Waals surface area (Å²) in [7, 11) is 1.49. The third-order valence-corrected chi connectivity index (χ3v) is 4.69. The van der Waals surface area contributed by atoms with E-state index >= 15 is 0 Å². The minimum Gasteiger partial charge on any atom is -0.461 e. The van der Waals surface area contributed by atoms with Crippen LogP contribution in [-0.2, 0) is 20.0 Å². The van der Waals surface area contributed by atoms with E-state index in [0.717, 1.165) is 4.57 Å². The van der Waals surface area contributed by atoms with Crippen molar-refractivity contribution in [3.05, 3.63) is 62.3 Å². The van der Waals surface area contributed by atoms with Crippen LogP contribution in [0, 0.1) is 0 Å². The van der Waals surface area contributed by atoms with Gasteiger partial charge in [-0.15, -0.1) is 0 Å². The minimum absolute atomic E-state index is 0.0629. The van der Waals surface area contributed by atoms with Gasteiger partial charge in [-0.05, 0) is 30.5 Å². The maximum atomic E-state index is 13.0. The molecule has 0 unspecified atom stereocenters. The molecule has 0 N–H and O–H groups in total. The molecule has 0 aliphatic heterocycles. The van der Waals surface area contributed by atoms with Crippen LogP contribution in [0.25, 0.3) is 11.0 Å². The zero-order chi connectivity index (χ0) is 18.4. The molecule has 0 saturated heterocycles. The first-order chi connectivity index (χ1) is 12.5. The summed E-state index contributed by atoms with van der Waals surface area (Å²) in [5, 5.41) is 0.227. The van der Waals surface area contributed by atoms with Gasteiger partial charge in [0.05, 0.1) is 18.2 Å². The molecule has 0 atom stereocenters. The van der Waals surface area contributed by atoms with Crippen molar-refractivity contribution in [3.8, 4) is 0 Å². The molecule has 3 heterocycles. The van der Waals surface area contributed by atoms with E-state index in [0.29, 0.717) is 30.4 Å². The quantitative estimate of drug-likeness (QED) is 0.653. The van der Waals surface area contributed by atoms with Crippen molar-refractivity contribution in [2.45, 2.75) is 25.8 Å². The van der Waals surface area contributed by atoms with Crippen LogP contribution < -0.4 is 11.2 Å². The molecule has 8 heteroatoms. The molecule has 8 nitrogen and oxygen atoms in total. The molecule has 132 valence electrons. The Kier molecular flexibility index (Phi) is 3.68. The average molecular weight is 353 g/mol. The van der Waals surface area contributed by atoms with Crippen molar-refractivity contribution in [1.82, 2.24) is 14.1 Å². The predicted molar refractivity (Wildman–Crippen MR) is 91.6 cm³/mol. The zero-order valence-corrected chi connectivity index (χ0v) is 14.0. The lowest BCUT2D eigenvalue weighted by Crippen LogP contribution is -2.41. The fraction of sp³-hybridized carbons (Fsp3) is 0.278. The largest absolute Gasteiger partial charge is 0.461 e. The number of rotatable bonds is 3. The molecular weight excluding hydrogens is 338 g/mol. The molecule has 3 aromatic rings. The number of fused-ring (bicyclic) bond motifs is 3. The molecule has 3 aromatic heterocycles. The Balaban J connectivity index is 1.97. The summed E-state index contributed by atoms with van der Waals surface area (Å²) >= 11 is 0. The summed E-state index contributed by atoms with van der Waals surface area (Å²) in [4.78, 5) is 54.2. The lowest BCUT2D eigenvalue weighted by atomic mass is 9.90. The number of furan rings is 1. The highest BCUT2D eigenvalue weighted by atomic mass is 16.3. The van der Waals surface area contributed by atoms with E-state index in [1.54, 1.807) is 6.07 Å². The number of ketones is 2. The molecule has 0 aromatic carbocycles. The number of hydrogen-bond acceptors (Lipinski definition) is 6. The number of aromatic nitrogens is 3. The Hall–Kier alpha value is -3.29. The van der Waals surface area contributed by atoms with Gasteiger partial charge in [0.15, 0.2) is 11.5 Å². The fourth-order valence-electron chi connectivity index (χ4n) is 3.37. The highest BCUT2D eigenvalue weighted by molar-refractivity contribution is 6.02. The van der Waals surface area contributed by atoms with Crippen LogP contribution in [0.4, 0.5) is 0 Å². The lowest BCUT2D eigenvalue weighted by Gasteiger charge is -2.17. The molecule has 4 rings (SSSR count). The van der Waals surface area contributed by atoms with Crippen LogP contribution in [0.5, 0.6) is 0 Å². The van der Waals surface area contributed by atoms with Crippen LogP contribution in [0.1, 0.15) is 39.3 Å². The first kappa shape index (κ1) is 16.2. The van der Waals surface area contributed by atoms with Gasteiger partial charge in [-0.1, -0.05) is 0 Å². The summed E-state index contributed by atoms with van der Waals surface area (Å²) < 4.78 is 7.14. The second-order valence-corrected chi connectivity index (χ2v) is 6.26. The van der Waals surface area contributed by atoms with Crippen molar-refractivity contribution in [2.24, 2.45) is 7.05 Å². The molecule has 1 aliphatic rings. The van der Waals surface area contributed by atoms with Gasteiger partial charge in [-0.25, -0.2) is 9.78 Å². The number of hydrogen-bond donors (Lipinski definition) is 0. The normalized spacial score (nSPS) is 13.8. The van der Waals surface area contributed by atoms with Crippen molar-refractivity contribution < 1.29 is 14.0 Å². The van der Waals surface area contributed by atoms with Crippen LogP contribution in [-0.4, -0.2) is 25.7 Å². The van der Waals surface area contributed by atoms with Gasteiger partial charge in [-0.3, -0.25) is 23.5 Å². The molecule has 1 aliphatic carbocycles. The van der Waals surface area contributed by atoms with Gasteiger partial charge in [-0.2, -0.15) is 0 Å². The van der Waals surface area contributed by atoms with Gasteiger partial charge in [0.25, 0.3) is 5.56 Å². The number of carbonyl (C=O) groups is 2. The molecule has 0 fully saturated rings. The van der Waals surface area contributed by atoms with Crippen molar-refractivity contribution in [1.29, 1.82) is 0 Å². The number of carbonyl (C=O) groups excluding carboxylic acids is 2. The number of nitrogens with zero attached hydrogens (tertiary/aromatic N) is 3. The van der Waals surface area contributed by atoms with Crippen molar-refractivity contribution in [2.75, 3.05) is 0 Å². The van der Waals surface area contributed by atoms with Crippen molar-refractivity contribution in [3.63, 3.8) is 0 Å². The Morgan fingerprint density at radius 2 is 2.08 bits per heavy atom. The Labute approximate surface area is 146 Å². The second kappa shape index (κ2) is 5.91. The van der Waals surface area contributed by atoms with E-state index in [1.807, 2.05) is 0 Å². The van der Waals surface area contributed by atoms with Gasteiger partial charge in [0.1, 0.15) is 5.65 Å². The third kappa shape index (κ3) is 2.33. The van der Waals surface area contributed by atoms with E-state index in [-0.39, 0.29) is 22.6 Å². The molecule has 0 bridgehead atoms. The van der Waals surface area contributed by atoms with Crippen LogP contribution in [0.2, 0.25) is 0 Å². The number of Topliss-reactive ketones (excluding diaryl/α,β-unsaturated/α-hetero) is 2. The maximum absolute atomic E-state index is 13.0. The van der Waals surface area contributed by atoms with E-state index < -0.39 is 23.6 Å². The Morgan fingerprint density at radius 3 is 2.81 bits per heavy atom.